The summed E-state index contributed by atoms with van der Waals surface area (Å²) >= 11 is 0. The minimum atomic E-state index is -0.991. The van der Waals surface area contributed by atoms with Crippen LogP contribution in [0.1, 0.15) is 27.7 Å². The van der Waals surface area contributed by atoms with Gasteiger partial charge < -0.3 is 20.1 Å². The third-order valence-electron chi connectivity index (χ3n) is 3.60. The zero-order valence-corrected chi connectivity index (χ0v) is 12.1. The third-order valence-corrected chi connectivity index (χ3v) is 3.60. The molecule has 0 aromatic heterocycles. The Balaban J connectivity index is 2.26. The Bertz CT molecular complexity index is 338. The van der Waals surface area contributed by atoms with E-state index < -0.39 is 11.6 Å². The highest BCUT2D eigenvalue weighted by Gasteiger charge is 2.42. The molecule has 0 aromatic rings. The summed E-state index contributed by atoms with van der Waals surface area (Å²) in [6.07, 6.45) is 0. The van der Waals surface area contributed by atoms with Crippen molar-refractivity contribution >= 4 is 12.0 Å². The summed E-state index contributed by atoms with van der Waals surface area (Å²) in [5.74, 6) is -0.0318. The van der Waals surface area contributed by atoms with Gasteiger partial charge in [-0.05, 0) is 18.8 Å². The van der Waals surface area contributed by atoms with Crippen LogP contribution in [0.3, 0.4) is 0 Å². The van der Waals surface area contributed by atoms with E-state index in [0.29, 0.717) is 31.5 Å². The fraction of sp³-hybridized carbons (Fsp3) is 0.846. The van der Waals surface area contributed by atoms with E-state index in [2.05, 4.69) is 26.1 Å². The molecule has 110 valence electrons. The number of hydrogen-bond donors (Lipinski definition) is 2. The number of carboxylic acid groups (broad SMARTS) is 1. The number of aliphatic carboxylic acids is 1. The molecule has 0 radical (unpaired) electrons. The van der Waals surface area contributed by atoms with Gasteiger partial charge in [-0.25, -0.2) is 9.59 Å². The zero-order chi connectivity index (χ0) is 14.6. The standard InChI is InChI=1S/C13H24N2O4/c1-9(2)10(3)5-14-12(18)15-7-13(4,8-15)19-6-11(16)17/h9-10H,5-8H2,1-4H3,(H,14,18)(H,16,17). The monoisotopic (exact) mass is 272 g/mol. The second-order valence-electron chi connectivity index (χ2n) is 5.90. The maximum atomic E-state index is 11.8. The molecule has 6 heteroatoms. The van der Waals surface area contributed by atoms with E-state index in [1.165, 1.54) is 0 Å². The molecule has 1 aliphatic heterocycles. The molecule has 0 spiro atoms. The molecule has 1 aliphatic rings. The van der Waals surface area contributed by atoms with Crippen LogP contribution in [0.25, 0.3) is 0 Å². The summed E-state index contributed by atoms with van der Waals surface area (Å²) in [5.41, 5.74) is -0.528. The molecule has 0 bridgehead atoms. The lowest BCUT2D eigenvalue weighted by molar-refractivity contribution is -0.159. The molecule has 1 atom stereocenters. The topological polar surface area (TPSA) is 78.9 Å². The Labute approximate surface area is 114 Å². The first-order chi connectivity index (χ1) is 8.73. The fourth-order valence-corrected chi connectivity index (χ4v) is 1.83. The normalized spacial score (nSPS) is 18.9. The Kier molecular flexibility index (Phi) is 5.17. The van der Waals surface area contributed by atoms with Crippen LogP contribution in [0.15, 0.2) is 0 Å². The second kappa shape index (κ2) is 6.23. The number of ether oxygens (including phenoxy) is 1. The van der Waals surface area contributed by atoms with E-state index in [0.717, 1.165) is 0 Å². The van der Waals surface area contributed by atoms with Crippen molar-refractivity contribution in [3.05, 3.63) is 0 Å². The van der Waals surface area contributed by atoms with Crippen LogP contribution in [0.5, 0.6) is 0 Å². The van der Waals surface area contributed by atoms with Crippen molar-refractivity contribution in [2.24, 2.45) is 11.8 Å². The lowest BCUT2D eigenvalue weighted by atomic mass is 9.96. The first kappa shape index (κ1) is 15.8. The van der Waals surface area contributed by atoms with Gasteiger partial charge in [-0.15, -0.1) is 0 Å². The Morgan fingerprint density at radius 1 is 1.37 bits per heavy atom. The highest BCUT2D eigenvalue weighted by molar-refractivity contribution is 5.75. The Morgan fingerprint density at radius 2 is 1.95 bits per heavy atom. The van der Waals surface area contributed by atoms with E-state index in [-0.39, 0.29) is 12.6 Å². The summed E-state index contributed by atoms with van der Waals surface area (Å²) < 4.78 is 5.25. The van der Waals surface area contributed by atoms with E-state index in [4.69, 9.17) is 9.84 Å². The van der Waals surface area contributed by atoms with E-state index in [9.17, 15) is 9.59 Å². The van der Waals surface area contributed by atoms with Crippen LogP contribution in [0.4, 0.5) is 4.79 Å². The largest absolute Gasteiger partial charge is 0.480 e. The quantitative estimate of drug-likeness (QED) is 0.760. The van der Waals surface area contributed by atoms with Gasteiger partial charge in [0.25, 0.3) is 0 Å². The number of urea groups is 1. The molecule has 0 saturated carbocycles. The SMILES string of the molecule is CC(C)C(C)CNC(=O)N1CC(C)(OCC(=O)O)C1. The molecule has 1 heterocycles. The lowest BCUT2D eigenvalue weighted by Crippen LogP contribution is -2.65. The van der Waals surface area contributed by atoms with E-state index in [1.54, 1.807) is 4.90 Å². The summed E-state index contributed by atoms with van der Waals surface area (Å²) in [5, 5.41) is 11.4. The maximum absolute atomic E-state index is 11.8. The number of hydrogen-bond acceptors (Lipinski definition) is 3. The van der Waals surface area contributed by atoms with Crippen LogP contribution in [-0.2, 0) is 9.53 Å². The molecular formula is C13H24N2O4. The molecule has 0 aromatic carbocycles. The lowest BCUT2D eigenvalue weighted by Gasteiger charge is -2.47. The Morgan fingerprint density at radius 3 is 2.42 bits per heavy atom. The number of nitrogens with one attached hydrogen (secondary N) is 1. The minimum absolute atomic E-state index is 0.107. The molecule has 1 unspecified atom stereocenters. The van der Waals surface area contributed by atoms with Gasteiger partial charge >= 0.3 is 12.0 Å². The van der Waals surface area contributed by atoms with Crippen LogP contribution >= 0.6 is 0 Å². The van der Waals surface area contributed by atoms with Crippen LogP contribution in [0, 0.1) is 11.8 Å². The summed E-state index contributed by atoms with van der Waals surface area (Å²) in [6, 6.07) is -0.107. The number of carbonyl (C=O) groups excluding carboxylic acids is 1. The first-order valence-corrected chi connectivity index (χ1v) is 6.62. The van der Waals surface area contributed by atoms with Gasteiger partial charge in [0.2, 0.25) is 0 Å². The van der Waals surface area contributed by atoms with Crippen molar-refractivity contribution in [3.63, 3.8) is 0 Å². The van der Waals surface area contributed by atoms with Crippen molar-refractivity contribution in [2.45, 2.75) is 33.3 Å². The molecule has 1 saturated heterocycles. The number of nitrogens with zero attached hydrogens (tertiary/aromatic N) is 1. The average Bonchev–Trinajstić information content (AvgIpc) is 2.29. The van der Waals surface area contributed by atoms with Crippen LogP contribution in [0.2, 0.25) is 0 Å². The first-order valence-electron chi connectivity index (χ1n) is 6.62. The average molecular weight is 272 g/mol. The summed E-state index contributed by atoms with van der Waals surface area (Å²) in [6.45, 7) is 9.35. The molecule has 6 nitrogen and oxygen atoms in total. The van der Waals surface area contributed by atoms with Crippen LogP contribution in [-0.4, -0.2) is 53.8 Å². The zero-order valence-electron chi connectivity index (χ0n) is 12.1. The van der Waals surface area contributed by atoms with Crippen molar-refractivity contribution in [1.82, 2.24) is 10.2 Å². The molecule has 19 heavy (non-hydrogen) atoms. The summed E-state index contributed by atoms with van der Waals surface area (Å²) in [7, 11) is 0. The van der Waals surface area contributed by atoms with Gasteiger partial charge in [-0.2, -0.15) is 0 Å². The highest BCUT2D eigenvalue weighted by Crippen LogP contribution is 2.24. The molecule has 2 N–H and O–H groups in total. The van der Waals surface area contributed by atoms with Crippen molar-refractivity contribution in [2.75, 3.05) is 26.2 Å². The van der Waals surface area contributed by atoms with Crippen molar-refractivity contribution in [1.29, 1.82) is 0 Å². The van der Waals surface area contributed by atoms with E-state index in [1.807, 2.05) is 6.92 Å². The predicted octanol–water partition coefficient (Wildman–Crippen LogP) is 1.16. The third kappa shape index (κ3) is 4.70. The number of rotatable bonds is 6. The van der Waals surface area contributed by atoms with Gasteiger partial charge in [0.1, 0.15) is 12.2 Å². The Hall–Kier alpha value is -1.30. The van der Waals surface area contributed by atoms with E-state index >= 15 is 0 Å². The molecule has 2 amide bonds. The fourth-order valence-electron chi connectivity index (χ4n) is 1.83. The molecule has 1 fully saturated rings. The molecule has 0 aliphatic carbocycles. The number of amides is 2. The second-order valence-corrected chi connectivity index (χ2v) is 5.90. The molecular weight excluding hydrogens is 248 g/mol. The maximum Gasteiger partial charge on any atom is 0.329 e. The van der Waals surface area contributed by atoms with Crippen molar-refractivity contribution < 1.29 is 19.4 Å². The summed E-state index contributed by atoms with van der Waals surface area (Å²) in [4.78, 5) is 23.9. The number of carbonyl (C=O) groups is 2. The highest BCUT2D eigenvalue weighted by atomic mass is 16.5. The van der Waals surface area contributed by atoms with Gasteiger partial charge in [0.05, 0.1) is 13.1 Å². The smallest absolute Gasteiger partial charge is 0.329 e. The van der Waals surface area contributed by atoms with Gasteiger partial charge in [-0.3, -0.25) is 0 Å². The van der Waals surface area contributed by atoms with Gasteiger partial charge in [0.15, 0.2) is 0 Å². The number of carboxylic acids is 1. The van der Waals surface area contributed by atoms with Gasteiger partial charge in [-0.1, -0.05) is 20.8 Å². The minimum Gasteiger partial charge on any atom is -0.480 e. The number of likely N-dealkylation sites (tertiary alicyclic amines) is 1. The predicted molar refractivity (Wildman–Crippen MR) is 71.0 cm³/mol. The van der Waals surface area contributed by atoms with Gasteiger partial charge in [0, 0.05) is 6.54 Å². The van der Waals surface area contributed by atoms with Crippen LogP contribution < -0.4 is 5.32 Å². The van der Waals surface area contributed by atoms with Crippen molar-refractivity contribution in [3.8, 4) is 0 Å². The molecule has 1 rings (SSSR count).